The van der Waals surface area contributed by atoms with E-state index in [4.69, 9.17) is 0 Å². The van der Waals surface area contributed by atoms with Crippen molar-refractivity contribution in [3.63, 3.8) is 0 Å². The van der Waals surface area contributed by atoms with Crippen molar-refractivity contribution in [1.29, 1.82) is 0 Å². The van der Waals surface area contributed by atoms with Gasteiger partial charge < -0.3 is 10.2 Å². The first kappa shape index (κ1) is 18.9. The number of fused-ring (bicyclic) bond motifs is 1. The first-order valence-corrected chi connectivity index (χ1v) is 9.76. The highest BCUT2D eigenvalue weighted by Crippen LogP contribution is 2.22. The summed E-state index contributed by atoms with van der Waals surface area (Å²) in [7, 11) is 0. The Bertz CT molecular complexity index is 1120. The highest BCUT2D eigenvalue weighted by Gasteiger charge is 2.22. The number of nitrogens with one attached hydrogen (secondary N) is 1. The van der Waals surface area contributed by atoms with Gasteiger partial charge in [-0.2, -0.15) is 0 Å². The van der Waals surface area contributed by atoms with Gasteiger partial charge in [-0.15, -0.1) is 0 Å². The topological polar surface area (TPSA) is 67.2 Å². The molecular weight excluding hydrogens is 364 g/mol. The fourth-order valence-electron chi connectivity index (χ4n) is 3.73. The summed E-state index contributed by atoms with van der Waals surface area (Å²) >= 11 is 0. The molecule has 0 bridgehead atoms. The van der Waals surface area contributed by atoms with Crippen LogP contribution in [0.25, 0.3) is 0 Å². The van der Waals surface area contributed by atoms with Crippen LogP contribution in [0, 0.1) is 13.8 Å². The van der Waals surface area contributed by atoms with Crippen molar-refractivity contribution in [3.05, 3.63) is 87.3 Å². The second-order valence-electron chi connectivity index (χ2n) is 7.48. The molecule has 1 N–H and O–H groups in total. The minimum atomic E-state index is -0.248. The van der Waals surface area contributed by atoms with E-state index in [1.54, 1.807) is 6.92 Å². The lowest BCUT2D eigenvalue weighted by Crippen LogP contribution is -2.38. The Hall–Kier alpha value is -3.41. The Labute approximate surface area is 169 Å². The van der Waals surface area contributed by atoms with Crippen LogP contribution in [-0.4, -0.2) is 22.0 Å². The van der Waals surface area contributed by atoms with Crippen molar-refractivity contribution in [1.82, 2.24) is 9.55 Å². The predicted molar refractivity (Wildman–Crippen MR) is 114 cm³/mol. The number of rotatable bonds is 4. The maximum atomic E-state index is 12.7. The van der Waals surface area contributed by atoms with E-state index in [0.29, 0.717) is 18.2 Å². The van der Waals surface area contributed by atoms with Crippen LogP contribution in [0.4, 0.5) is 11.6 Å². The van der Waals surface area contributed by atoms with Crippen molar-refractivity contribution in [3.8, 4) is 0 Å². The van der Waals surface area contributed by atoms with Crippen molar-refractivity contribution < 1.29 is 4.79 Å². The minimum absolute atomic E-state index is 0.0759. The molecule has 2 heterocycles. The lowest BCUT2D eigenvalue weighted by atomic mass is 10.0. The number of hydrogen-bond acceptors (Lipinski definition) is 4. The summed E-state index contributed by atoms with van der Waals surface area (Å²) in [6, 6.07) is 17.4. The molecule has 1 aliphatic heterocycles. The van der Waals surface area contributed by atoms with Gasteiger partial charge in [0.1, 0.15) is 6.54 Å². The van der Waals surface area contributed by atoms with Gasteiger partial charge >= 0.3 is 0 Å². The third-order valence-corrected chi connectivity index (χ3v) is 5.13. The molecule has 148 valence electrons. The van der Waals surface area contributed by atoms with Gasteiger partial charge in [-0.05, 0) is 49.1 Å². The monoisotopic (exact) mass is 388 g/mol. The molecule has 0 spiro atoms. The van der Waals surface area contributed by atoms with E-state index in [1.165, 1.54) is 21.8 Å². The van der Waals surface area contributed by atoms with Crippen LogP contribution in [0.2, 0.25) is 0 Å². The summed E-state index contributed by atoms with van der Waals surface area (Å²) in [5.74, 6) is 0.297. The maximum Gasteiger partial charge on any atom is 0.255 e. The zero-order valence-corrected chi connectivity index (χ0v) is 16.7. The summed E-state index contributed by atoms with van der Waals surface area (Å²) in [5.41, 5.74) is 4.76. The summed E-state index contributed by atoms with van der Waals surface area (Å²) < 4.78 is 1.46. The van der Waals surface area contributed by atoms with Crippen LogP contribution in [0.15, 0.2) is 59.4 Å². The molecule has 0 saturated heterocycles. The number of amides is 1. The minimum Gasteiger partial charge on any atom is -0.337 e. The van der Waals surface area contributed by atoms with Gasteiger partial charge in [0.15, 0.2) is 0 Å². The Morgan fingerprint density at radius 3 is 2.66 bits per heavy atom. The van der Waals surface area contributed by atoms with E-state index < -0.39 is 0 Å². The predicted octanol–water partition coefficient (Wildman–Crippen LogP) is 3.06. The molecule has 0 fully saturated rings. The van der Waals surface area contributed by atoms with Gasteiger partial charge in [-0.1, -0.05) is 36.4 Å². The molecule has 29 heavy (non-hydrogen) atoms. The van der Waals surface area contributed by atoms with Crippen molar-refractivity contribution >= 4 is 17.5 Å². The molecule has 1 aliphatic rings. The number of carbonyl (C=O) groups is 1. The average molecular weight is 388 g/mol. The number of aryl methyl sites for hydroxylation is 2. The molecular formula is C23H24N4O2. The smallest absolute Gasteiger partial charge is 0.255 e. The molecule has 0 saturated carbocycles. The SMILES string of the molecule is Cc1cccc(NC(=O)Cn2c(N3CCc4ccccc4C3)nc(C)cc2=O)c1. The lowest BCUT2D eigenvalue weighted by molar-refractivity contribution is -0.116. The van der Waals surface area contributed by atoms with E-state index in [9.17, 15) is 9.59 Å². The Balaban J connectivity index is 1.61. The summed E-state index contributed by atoms with van der Waals surface area (Å²) in [4.78, 5) is 32.0. The van der Waals surface area contributed by atoms with Gasteiger partial charge in [0.2, 0.25) is 11.9 Å². The largest absolute Gasteiger partial charge is 0.337 e. The lowest BCUT2D eigenvalue weighted by Gasteiger charge is -2.31. The number of hydrogen-bond donors (Lipinski definition) is 1. The van der Waals surface area contributed by atoms with Crippen LogP contribution in [0.5, 0.6) is 0 Å². The number of nitrogens with zero attached hydrogens (tertiary/aromatic N) is 3. The molecule has 0 aliphatic carbocycles. The molecule has 0 radical (unpaired) electrons. The molecule has 1 amide bonds. The fraction of sp³-hybridized carbons (Fsp3) is 0.261. The number of aromatic nitrogens is 2. The molecule has 4 rings (SSSR count). The van der Waals surface area contributed by atoms with Gasteiger partial charge in [0.25, 0.3) is 5.56 Å². The van der Waals surface area contributed by atoms with Crippen LogP contribution in [0.1, 0.15) is 22.4 Å². The quantitative estimate of drug-likeness (QED) is 0.746. The van der Waals surface area contributed by atoms with Crippen molar-refractivity contribution in [2.24, 2.45) is 0 Å². The maximum absolute atomic E-state index is 12.7. The highest BCUT2D eigenvalue weighted by molar-refractivity contribution is 5.90. The van der Waals surface area contributed by atoms with Gasteiger partial charge in [-0.3, -0.25) is 14.2 Å². The van der Waals surface area contributed by atoms with Gasteiger partial charge in [0, 0.05) is 30.5 Å². The van der Waals surface area contributed by atoms with Crippen molar-refractivity contribution in [2.75, 3.05) is 16.8 Å². The second-order valence-corrected chi connectivity index (χ2v) is 7.48. The Morgan fingerprint density at radius 2 is 1.86 bits per heavy atom. The molecule has 2 aromatic carbocycles. The van der Waals surface area contributed by atoms with Crippen LogP contribution < -0.4 is 15.8 Å². The number of benzene rings is 2. The molecule has 0 atom stereocenters. The summed E-state index contributed by atoms with van der Waals surface area (Å²) in [6.45, 7) is 5.13. The third kappa shape index (κ3) is 4.21. The molecule has 6 heteroatoms. The first-order chi connectivity index (χ1) is 14.0. The fourth-order valence-corrected chi connectivity index (χ4v) is 3.73. The van der Waals surface area contributed by atoms with Crippen LogP contribution in [0.3, 0.4) is 0 Å². The number of carbonyl (C=O) groups excluding carboxylic acids is 1. The van der Waals surface area contributed by atoms with E-state index >= 15 is 0 Å². The van der Waals surface area contributed by atoms with Crippen LogP contribution >= 0.6 is 0 Å². The van der Waals surface area contributed by atoms with Gasteiger partial charge in [0.05, 0.1) is 0 Å². The second kappa shape index (κ2) is 7.91. The van der Waals surface area contributed by atoms with E-state index in [2.05, 4.69) is 27.3 Å². The number of anilines is 2. The molecule has 6 nitrogen and oxygen atoms in total. The van der Waals surface area contributed by atoms with Crippen molar-refractivity contribution in [2.45, 2.75) is 33.4 Å². The molecule has 1 aromatic heterocycles. The van der Waals surface area contributed by atoms with E-state index in [-0.39, 0.29) is 18.0 Å². The van der Waals surface area contributed by atoms with E-state index in [1.807, 2.05) is 43.3 Å². The van der Waals surface area contributed by atoms with E-state index in [0.717, 1.165) is 24.2 Å². The summed E-state index contributed by atoms with van der Waals surface area (Å²) in [5, 5.41) is 2.87. The third-order valence-electron chi connectivity index (χ3n) is 5.13. The zero-order chi connectivity index (χ0) is 20.4. The standard InChI is InChI=1S/C23H24N4O2/c1-16-6-5-9-20(12-16)25-21(28)15-27-22(29)13-17(2)24-23(27)26-11-10-18-7-3-4-8-19(18)14-26/h3-9,12-13H,10-11,14-15H2,1-2H3,(H,25,28). The van der Waals surface area contributed by atoms with Gasteiger partial charge in [-0.25, -0.2) is 4.98 Å². The van der Waals surface area contributed by atoms with Crippen LogP contribution in [-0.2, 0) is 24.3 Å². The molecule has 3 aromatic rings. The Morgan fingerprint density at radius 1 is 1.07 bits per heavy atom. The Kier molecular flexibility index (Phi) is 5.16. The molecule has 0 unspecified atom stereocenters. The average Bonchev–Trinajstić information content (AvgIpc) is 2.69. The summed E-state index contributed by atoms with van der Waals surface area (Å²) in [6.07, 6.45) is 0.884. The first-order valence-electron chi connectivity index (χ1n) is 9.76. The zero-order valence-electron chi connectivity index (χ0n) is 16.7. The highest BCUT2D eigenvalue weighted by atomic mass is 16.2. The normalized spacial score (nSPS) is 13.1.